The van der Waals surface area contributed by atoms with E-state index in [-0.39, 0.29) is 5.75 Å². The number of benzene rings is 1. The van der Waals surface area contributed by atoms with Gasteiger partial charge in [-0.05, 0) is 33.6 Å². The molecule has 0 aliphatic rings. The van der Waals surface area contributed by atoms with E-state index in [0.717, 1.165) is 16.6 Å². The third kappa shape index (κ3) is 2.08. The third-order valence-corrected chi connectivity index (χ3v) is 3.59. The summed E-state index contributed by atoms with van der Waals surface area (Å²) in [5.41, 5.74) is 1.92. The van der Waals surface area contributed by atoms with Crippen molar-refractivity contribution in [3.05, 3.63) is 52.1 Å². The number of nitrogens with one attached hydrogen (secondary N) is 1. The number of aromatic amines is 1. The first kappa shape index (κ1) is 12.1. The van der Waals surface area contributed by atoms with Gasteiger partial charge in [-0.25, -0.2) is 4.39 Å². The van der Waals surface area contributed by atoms with Crippen LogP contribution in [-0.2, 0) is 6.42 Å². The van der Waals surface area contributed by atoms with Gasteiger partial charge in [-0.3, -0.25) is 10.1 Å². The Kier molecular flexibility index (Phi) is 2.94. The Balaban J connectivity index is 2.04. The van der Waals surface area contributed by atoms with Crippen molar-refractivity contribution in [3.8, 4) is 5.75 Å². The predicted octanol–water partition coefficient (Wildman–Crippen LogP) is 3.16. The van der Waals surface area contributed by atoms with E-state index in [1.807, 2.05) is 6.07 Å². The maximum absolute atomic E-state index is 13.9. The van der Waals surface area contributed by atoms with E-state index < -0.39 is 5.82 Å². The first-order valence-electron chi connectivity index (χ1n) is 5.59. The first-order chi connectivity index (χ1) is 9.16. The van der Waals surface area contributed by atoms with Crippen molar-refractivity contribution in [3.63, 3.8) is 0 Å². The van der Waals surface area contributed by atoms with E-state index in [4.69, 9.17) is 0 Å². The summed E-state index contributed by atoms with van der Waals surface area (Å²) in [7, 11) is 0. The number of phenols is 1. The normalized spacial score (nSPS) is 11.1. The number of halogens is 2. The fraction of sp³-hybridized carbons (Fsp3) is 0.0769. The number of pyridine rings is 1. The van der Waals surface area contributed by atoms with Gasteiger partial charge in [0.1, 0.15) is 0 Å². The van der Waals surface area contributed by atoms with E-state index in [1.165, 1.54) is 0 Å². The summed E-state index contributed by atoms with van der Waals surface area (Å²) in [6, 6.07) is 5.07. The molecule has 6 heteroatoms. The van der Waals surface area contributed by atoms with Gasteiger partial charge in [-0.2, -0.15) is 5.10 Å². The summed E-state index contributed by atoms with van der Waals surface area (Å²) >= 11 is 3.08. The van der Waals surface area contributed by atoms with Crippen molar-refractivity contribution in [2.75, 3.05) is 0 Å². The zero-order valence-electron chi connectivity index (χ0n) is 9.69. The fourth-order valence-corrected chi connectivity index (χ4v) is 2.26. The fourth-order valence-electron chi connectivity index (χ4n) is 1.96. The highest BCUT2D eigenvalue weighted by Crippen LogP contribution is 2.30. The minimum Gasteiger partial charge on any atom is -0.504 e. The number of H-pyrrole nitrogens is 1. The van der Waals surface area contributed by atoms with Crippen LogP contribution in [0.1, 0.15) is 11.3 Å². The van der Waals surface area contributed by atoms with Gasteiger partial charge in [-0.15, -0.1) is 0 Å². The van der Waals surface area contributed by atoms with Crippen LogP contribution in [0.25, 0.3) is 10.9 Å². The minimum atomic E-state index is -0.625. The number of hydrogen-bond acceptors (Lipinski definition) is 3. The molecule has 0 amide bonds. The number of fused-ring (bicyclic) bond motifs is 1. The molecule has 2 heterocycles. The molecule has 0 saturated carbocycles. The molecule has 96 valence electrons. The molecule has 0 saturated heterocycles. The lowest BCUT2D eigenvalue weighted by molar-refractivity contribution is 0.426. The van der Waals surface area contributed by atoms with Crippen molar-refractivity contribution in [1.82, 2.24) is 15.2 Å². The van der Waals surface area contributed by atoms with Crippen LogP contribution < -0.4 is 0 Å². The molecule has 0 atom stereocenters. The van der Waals surface area contributed by atoms with Gasteiger partial charge in [0, 0.05) is 18.0 Å². The van der Waals surface area contributed by atoms with Crippen LogP contribution in [0.5, 0.6) is 5.75 Å². The molecule has 4 nitrogen and oxygen atoms in total. The second-order valence-electron chi connectivity index (χ2n) is 4.14. The Morgan fingerprint density at radius 1 is 1.32 bits per heavy atom. The van der Waals surface area contributed by atoms with Gasteiger partial charge in [0.05, 0.1) is 21.9 Å². The lowest BCUT2D eigenvalue weighted by atomic mass is 10.1. The Morgan fingerprint density at radius 2 is 2.16 bits per heavy atom. The van der Waals surface area contributed by atoms with Gasteiger partial charge in [-0.1, -0.05) is 6.07 Å². The highest BCUT2D eigenvalue weighted by molar-refractivity contribution is 9.10. The quantitative estimate of drug-likeness (QED) is 0.762. The van der Waals surface area contributed by atoms with Gasteiger partial charge in [0.2, 0.25) is 0 Å². The first-order valence-corrected chi connectivity index (χ1v) is 6.39. The van der Waals surface area contributed by atoms with Gasteiger partial charge in [0.25, 0.3) is 0 Å². The molecule has 0 spiro atoms. The van der Waals surface area contributed by atoms with Crippen LogP contribution >= 0.6 is 15.9 Å². The molecule has 0 radical (unpaired) electrons. The summed E-state index contributed by atoms with van der Waals surface area (Å²) in [5, 5.41) is 17.5. The molecule has 19 heavy (non-hydrogen) atoms. The van der Waals surface area contributed by atoms with Crippen LogP contribution in [0.4, 0.5) is 4.39 Å². The maximum Gasteiger partial charge on any atom is 0.169 e. The van der Waals surface area contributed by atoms with Crippen molar-refractivity contribution < 1.29 is 9.50 Å². The van der Waals surface area contributed by atoms with Crippen LogP contribution in [0.15, 0.2) is 35.1 Å². The second-order valence-corrected chi connectivity index (χ2v) is 4.99. The minimum absolute atomic E-state index is 0.302. The van der Waals surface area contributed by atoms with Crippen LogP contribution in [0.3, 0.4) is 0 Å². The molecule has 2 aromatic heterocycles. The Labute approximate surface area is 116 Å². The van der Waals surface area contributed by atoms with E-state index >= 15 is 0 Å². The molecule has 1 aromatic carbocycles. The van der Waals surface area contributed by atoms with Crippen LogP contribution in [0.2, 0.25) is 0 Å². The number of aromatic hydroxyl groups is 1. The number of hydrogen-bond donors (Lipinski definition) is 2. The van der Waals surface area contributed by atoms with Gasteiger partial charge < -0.3 is 5.11 Å². The largest absolute Gasteiger partial charge is 0.504 e. The Hall–Kier alpha value is -1.95. The van der Waals surface area contributed by atoms with Crippen molar-refractivity contribution >= 4 is 26.8 Å². The highest BCUT2D eigenvalue weighted by Gasteiger charge is 2.14. The molecular formula is C13H9BrFN3O. The summed E-state index contributed by atoms with van der Waals surface area (Å²) in [6.45, 7) is 0. The average Bonchev–Trinajstić information content (AvgIpc) is 2.83. The zero-order valence-corrected chi connectivity index (χ0v) is 11.3. The molecule has 2 N–H and O–H groups in total. The summed E-state index contributed by atoms with van der Waals surface area (Å²) in [4.78, 5) is 3.98. The van der Waals surface area contributed by atoms with E-state index in [9.17, 15) is 9.50 Å². The van der Waals surface area contributed by atoms with Gasteiger partial charge in [0.15, 0.2) is 11.6 Å². The maximum atomic E-state index is 13.9. The number of aromatic nitrogens is 3. The monoisotopic (exact) mass is 321 g/mol. The van der Waals surface area contributed by atoms with Crippen molar-refractivity contribution in [1.29, 1.82) is 0 Å². The molecule has 0 bridgehead atoms. The molecular weight excluding hydrogens is 313 g/mol. The summed E-state index contributed by atoms with van der Waals surface area (Å²) in [6.07, 6.45) is 3.63. The van der Waals surface area contributed by atoms with E-state index in [2.05, 4.69) is 31.1 Å². The molecule has 0 unspecified atom stereocenters. The smallest absolute Gasteiger partial charge is 0.169 e. The van der Waals surface area contributed by atoms with Crippen LogP contribution in [0, 0.1) is 5.82 Å². The Morgan fingerprint density at radius 3 is 3.00 bits per heavy atom. The topological polar surface area (TPSA) is 61.8 Å². The highest BCUT2D eigenvalue weighted by atomic mass is 79.9. The second kappa shape index (κ2) is 4.62. The predicted molar refractivity (Wildman–Crippen MR) is 72.5 cm³/mol. The molecule has 3 rings (SSSR count). The van der Waals surface area contributed by atoms with Crippen molar-refractivity contribution in [2.24, 2.45) is 0 Å². The standard InChI is InChI=1S/C13H9BrFN3O/c14-9-2-1-7(12(15)13(9)19)5-10-8-3-4-16-6-11(8)18-17-10/h1-4,6,19H,5H2,(H,17,18). The lowest BCUT2D eigenvalue weighted by Gasteiger charge is -2.05. The SMILES string of the molecule is Oc1c(Br)ccc(Cc2n[nH]c3cnccc23)c1F. The van der Waals surface area contributed by atoms with E-state index in [1.54, 1.807) is 24.5 Å². The van der Waals surface area contributed by atoms with Crippen LogP contribution in [-0.4, -0.2) is 20.3 Å². The summed E-state index contributed by atoms with van der Waals surface area (Å²) in [5.74, 6) is -1.00. The number of rotatable bonds is 2. The molecule has 0 aliphatic carbocycles. The number of phenolic OH excluding ortho intramolecular Hbond substituents is 1. The average molecular weight is 322 g/mol. The van der Waals surface area contributed by atoms with Gasteiger partial charge >= 0.3 is 0 Å². The lowest BCUT2D eigenvalue weighted by Crippen LogP contribution is -1.94. The molecule has 0 fully saturated rings. The Bertz CT molecular complexity index is 757. The van der Waals surface area contributed by atoms with E-state index in [0.29, 0.717) is 16.5 Å². The van der Waals surface area contributed by atoms with Crippen molar-refractivity contribution in [2.45, 2.75) is 6.42 Å². The molecule has 0 aliphatic heterocycles. The third-order valence-electron chi connectivity index (χ3n) is 2.95. The molecule has 3 aromatic rings. The zero-order chi connectivity index (χ0) is 13.4. The summed E-state index contributed by atoms with van der Waals surface area (Å²) < 4.78 is 14.3. The number of nitrogens with zero attached hydrogens (tertiary/aromatic N) is 2.